The average molecular weight is 179 g/mol. The Kier molecular flexibility index (Phi) is 2.62. The van der Waals surface area contributed by atoms with Gasteiger partial charge in [-0.25, -0.2) is 0 Å². The van der Waals surface area contributed by atoms with Gasteiger partial charge in [0.2, 0.25) is 0 Å². The first-order valence-corrected chi connectivity index (χ1v) is 4.45. The first kappa shape index (κ1) is 10.1. The molecule has 0 aromatic rings. The van der Waals surface area contributed by atoms with Gasteiger partial charge >= 0.3 is 0 Å². The minimum Gasteiger partial charge on any atom is -0.402 e. The van der Waals surface area contributed by atoms with E-state index in [1.54, 1.807) is 13.8 Å². The Balaban J connectivity index is 2.78. The van der Waals surface area contributed by atoms with Crippen molar-refractivity contribution < 1.29 is 5.11 Å². The Morgan fingerprint density at radius 3 is 2.77 bits per heavy atom. The van der Waals surface area contributed by atoms with E-state index < -0.39 is 5.60 Å². The molecule has 0 aliphatic heterocycles. The number of hydrogen-bond donors (Lipinski definition) is 2. The van der Waals surface area contributed by atoms with Gasteiger partial charge in [-0.05, 0) is 25.8 Å². The summed E-state index contributed by atoms with van der Waals surface area (Å²) in [6.07, 6.45) is 6.66. The van der Waals surface area contributed by atoms with Crippen LogP contribution in [-0.4, -0.2) is 10.7 Å². The van der Waals surface area contributed by atoms with E-state index in [1.165, 1.54) is 0 Å². The second-order valence-electron chi connectivity index (χ2n) is 4.02. The summed E-state index contributed by atoms with van der Waals surface area (Å²) in [7, 11) is 0. The number of allylic oxidation sites excluding steroid dienone is 3. The van der Waals surface area contributed by atoms with Crippen LogP contribution < -0.4 is 5.73 Å². The van der Waals surface area contributed by atoms with Crippen LogP contribution >= 0.6 is 0 Å². The van der Waals surface area contributed by atoms with Crippen LogP contribution in [-0.2, 0) is 0 Å². The summed E-state index contributed by atoms with van der Waals surface area (Å²) in [4.78, 5) is 0. The molecule has 0 amide bonds. The van der Waals surface area contributed by atoms with E-state index in [0.717, 1.165) is 12.0 Å². The van der Waals surface area contributed by atoms with Gasteiger partial charge in [0.1, 0.15) is 0 Å². The maximum Gasteiger partial charge on any atom is 0.0804 e. The molecule has 0 saturated heterocycles. The third-order valence-electron chi connectivity index (χ3n) is 2.34. The van der Waals surface area contributed by atoms with E-state index in [2.05, 4.69) is 6.58 Å². The first-order chi connectivity index (χ1) is 5.91. The molecule has 0 heterocycles. The lowest BCUT2D eigenvalue weighted by atomic mass is 9.84. The van der Waals surface area contributed by atoms with Crippen molar-refractivity contribution in [2.45, 2.75) is 25.9 Å². The lowest BCUT2D eigenvalue weighted by Gasteiger charge is -2.26. The lowest BCUT2D eigenvalue weighted by molar-refractivity contribution is 0.114. The van der Waals surface area contributed by atoms with Crippen LogP contribution in [0.1, 0.15) is 20.3 Å². The topological polar surface area (TPSA) is 46.2 Å². The van der Waals surface area contributed by atoms with Crippen LogP contribution in [0, 0.1) is 5.92 Å². The van der Waals surface area contributed by atoms with Crippen molar-refractivity contribution in [2.75, 3.05) is 0 Å². The number of hydrogen-bond acceptors (Lipinski definition) is 2. The van der Waals surface area contributed by atoms with Crippen LogP contribution in [0.15, 0.2) is 36.1 Å². The van der Waals surface area contributed by atoms with E-state index in [-0.39, 0.29) is 5.92 Å². The second kappa shape index (κ2) is 3.38. The molecule has 0 fully saturated rings. The van der Waals surface area contributed by atoms with Gasteiger partial charge in [0, 0.05) is 11.6 Å². The molecule has 0 saturated carbocycles. The molecule has 1 aliphatic rings. The van der Waals surface area contributed by atoms with Crippen molar-refractivity contribution >= 4 is 0 Å². The van der Waals surface area contributed by atoms with Gasteiger partial charge in [0.05, 0.1) is 5.60 Å². The highest BCUT2D eigenvalue weighted by molar-refractivity contribution is 5.29. The van der Waals surface area contributed by atoms with Gasteiger partial charge in [-0.1, -0.05) is 24.8 Å². The Bertz CT molecular complexity index is 268. The molecule has 2 nitrogen and oxygen atoms in total. The van der Waals surface area contributed by atoms with Gasteiger partial charge < -0.3 is 10.8 Å². The summed E-state index contributed by atoms with van der Waals surface area (Å²) < 4.78 is 0. The van der Waals surface area contributed by atoms with E-state index in [4.69, 9.17) is 5.73 Å². The molecule has 0 aromatic heterocycles. The standard InChI is InChI=1S/C11H17NO/c1-8(12)9-5-4-6-10(7-9)11(2,3)13/h4-6,9,13H,1,7,12H2,2-3H3. The Morgan fingerprint density at radius 1 is 1.69 bits per heavy atom. The minimum atomic E-state index is -0.752. The molecule has 0 spiro atoms. The fourth-order valence-electron chi connectivity index (χ4n) is 1.39. The highest BCUT2D eigenvalue weighted by Gasteiger charge is 2.23. The number of rotatable bonds is 2. The molecule has 1 aliphatic carbocycles. The third kappa shape index (κ3) is 2.46. The monoisotopic (exact) mass is 179 g/mol. The van der Waals surface area contributed by atoms with Gasteiger partial charge in [0.25, 0.3) is 0 Å². The van der Waals surface area contributed by atoms with Crippen molar-refractivity contribution in [1.29, 1.82) is 0 Å². The molecule has 1 rings (SSSR count). The summed E-state index contributed by atoms with van der Waals surface area (Å²) in [6.45, 7) is 7.29. The van der Waals surface area contributed by atoms with Crippen molar-refractivity contribution in [3.05, 3.63) is 36.1 Å². The highest BCUT2D eigenvalue weighted by atomic mass is 16.3. The summed E-state index contributed by atoms with van der Waals surface area (Å²) in [5, 5.41) is 9.77. The minimum absolute atomic E-state index is 0.173. The number of aliphatic hydroxyl groups is 1. The zero-order valence-electron chi connectivity index (χ0n) is 8.25. The highest BCUT2D eigenvalue weighted by Crippen LogP contribution is 2.29. The Morgan fingerprint density at radius 2 is 2.31 bits per heavy atom. The Labute approximate surface area is 79.4 Å². The van der Waals surface area contributed by atoms with Crippen LogP contribution in [0.25, 0.3) is 0 Å². The molecular weight excluding hydrogens is 162 g/mol. The van der Waals surface area contributed by atoms with Crippen LogP contribution in [0.3, 0.4) is 0 Å². The summed E-state index contributed by atoms with van der Waals surface area (Å²) in [5.41, 5.74) is 6.53. The van der Waals surface area contributed by atoms with Crippen molar-refractivity contribution in [3.63, 3.8) is 0 Å². The SMILES string of the molecule is C=C(N)C1C=CC=C(C(C)(C)O)C1. The maximum absolute atomic E-state index is 9.77. The number of nitrogens with two attached hydrogens (primary N) is 1. The van der Waals surface area contributed by atoms with Gasteiger partial charge in [-0.15, -0.1) is 0 Å². The van der Waals surface area contributed by atoms with E-state index in [0.29, 0.717) is 5.70 Å². The van der Waals surface area contributed by atoms with Gasteiger partial charge in [-0.2, -0.15) is 0 Å². The van der Waals surface area contributed by atoms with Crippen molar-refractivity contribution in [2.24, 2.45) is 11.7 Å². The molecule has 0 bridgehead atoms. The largest absolute Gasteiger partial charge is 0.402 e. The van der Waals surface area contributed by atoms with Crippen LogP contribution in [0.4, 0.5) is 0 Å². The van der Waals surface area contributed by atoms with E-state index in [9.17, 15) is 5.11 Å². The molecule has 1 unspecified atom stereocenters. The lowest BCUT2D eigenvalue weighted by Crippen LogP contribution is -2.25. The van der Waals surface area contributed by atoms with Crippen LogP contribution in [0.2, 0.25) is 0 Å². The summed E-state index contributed by atoms with van der Waals surface area (Å²) in [6, 6.07) is 0. The third-order valence-corrected chi connectivity index (χ3v) is 2.34. The summed E-state index contributed by atoms with van der Waals surface area (Å²) >= 11 is 0. The first-order valence-electron chi connectivity index (χ1n) is 4.45. The van der Waals surface area contributed by atoms with Crippen molar-refractivity contribution in [3.8, 4) is 0 Å². The van der Waals surface area contributed by atoms with Gasteiger partial charge in [0.15, 0.2) is 0 Å². The molecular formula is C11H17NO. The molecule has 0 aromatic carbocycles. The van der Waals surface area contributed by atoms with Crippen LogP contribution in [0.5, 0.6) is 0 Å². The fourth-order valence-corrected chi connectivity index (χ4v) is 1.39. The molecule has 13 heavy (non-hydrogen) atoms. The summed E-state index contributed by atoms with van der Waals surface area (Å²) in [5.74, 6) is 0.173. The maximum atomic E-state index is 9.77. The molecule has 3 N–H and O–H groups in total. The normalized spacial score (nSPS) is 22.7. The molecule has 72 valence electrons. The molecule has 1 atom stereocenters. The van der Waals surface area contributed by atoms with Gasteiger partial charge in [-0.3, -0.25) is 0 Å². The average Bonchev–Trinajstić information content (AvgIpc) is 2.03. The Hall–Kier alpha value is -1.02. The predicted octanol–water partition coefficient (Wildman–Crippen LogP) is 1.73. The molecule has 0 radical (unpaired) electrons. The second-order valence-corrected chi connectivity index (χ2v) is 4.02. The smallest absolute Gasteiger partial charge is 0.0804 e. The molecule has 2 heteroatoms. The quantitative estimate of drug-likeness (QED) is 0.678. The zero-order chi connectivity index (χ0) is 10.1. The van der Waals surface area contributed by atoms with E-state index in [1.807, 2.05) is 18.2 Å². The fraction of sp³-hybridized carbons (Fsp3) is 0.455. The predicted molar refractivity (Wildman–Crippen MR) is 55.0 cm³/mol. The van der Waals surface area contributed by atoms with Crippen molar-refractivity contribution in [1.82, 2.24) is 0 Å². The zero-order valence-corrected chi connectivity index (χ0v) is 8.25. The van der Waals surface area contributed by atoms with E-state index >= 15 is 0 Å².